The van der Waals surface area contributed by atoms with Gasteiger partial charge in [-0.15, -0.1) is 0 Å². The number of anilines is 2. The fourth-order valence-electron chi connectivity index (χ4n) is 1.87. The first-order valence-electron chi connectivity index (χ1n) is 6.05. The minimum Gasteiger partial charge on any atom is -0.482 e. The molecule has 1 amide bonds. The van der Waals surface area contributed by atoms with E-state index in [1.807, 2.05) is 44.0 Å². The number of nitriles is 1. The first kappa shape index (κ1) is 13.2. The second kappa shape index (κ2) is 4.47. The molecule has 0 saturated carbocycles. The average Bonchev–Trinajstić information content (AvgIpc) is 2.42. The highest BCUT2D eigenvalue weighted by Crippen LogP contribution is 2.35. The quantitative estimate of drug-likeness (QED) is 0.812. The Morgan fingerprint density at radius 2 is 2.16 bits per heavy atom. The van der Waals surface area contributed by atoms with Gasteiger partial charge in [-0.3, -0.25) is 4.79 Å². The smallest absolute Gasteiger partial charge is 0.264 e. The summed E-state index contributed by atoms with van der Waals surface area (Å²) < 4.78 is 5.38. The van der Waals surface area contributed by atoms with E-state index in [0.29, 0.717) is 5.75 Å². The van der Waals surface area contributed by atoms with Crippen molar-refractivity contribution in [3.05, 3.63) is 18.2 Å². The SMILES string of the molecule is CN1C(=O)COc2ccc(N(C)C(C)(C)C#N)cc21. The summed E-state index contributed by atoms with van der Waals surface area (Å²) in [7, 11) is 3.58. The van der Waals surface area contributed by atoms with Gasteiger partial charge in [0, 0.05) is 19.8 Å². The molecule has 0 saturated heterocycles. The third-order valence-electron chi connectivity index (χ3n) is 3.53. The predicted octanol–water partition coefficient (Wildman–Crippen LogP) is 1.78. The topological polar surface area (TPSA) is 56.6 Å². The van der Waals surface area contributed by atoms with Crippen molar-refractivity contribution in [1.82, 2.24) is 0 Å². The van der Waals surface area contributed by atoms with Gasteiger partial charge in [-0.25, -0.2) is 0 Å². The number of nitrogens with zero attached hydrogens (tertiary/aromatic N) is 3. The Balaban J connectivity index is 2.42. The number of fused-ring (bicyclic) bond motifs is 1. The molecular formula is C14H17N3O2. The van der Waals surface area contributed by atoms with Crippen molar-refractivity contribution in [2.75, 3.05) is 30.5 Å². The molecule has 0 bridgehead atoms. The van der Waals surface area contributed by atoms with Gasteiger partial charge in [-0.1, -0.05) is 0 Å². The largest absolute Gasteiger partial charge is 0.482 e. The number of hydrogen-bond donors (Lipinski definition) is 0. The Morgan fingerprint density at radius 3 is 2.79 bits per heavy atom. The lowest BCUT2D eigenvalue weighted by atomic mass is 10.0. The predicted molar refractivity (Wildman–Crippen MR) is 73.4 cm³/mol. The maximum Gasteiger partial charge on any atom is 0.264 e. The summed E-state index contributed by atoms with van der Waals surface area (Å²) in [5.74, 6) is 0.612. The first-order chi connectivity index (χ1) is 8.86. The number of rotatable bonds is 2. The maximum absolute atomic E-state index is 11.6. The van der Waals surface area contributed by atoms with E-state index in [4.69, 9.17) is 4.74 Å². The fourth-order valence-corrected chi connectivity index (χ4v) is 1.87. The summed E-state index contributed by atoms with van der Waals surface area (Å²) in [5, 5.41) is 9.18. The molecule has 1 heterocycles. The molecule has 0 N–H and O–H groups in total. The summed E-state index contributed by atoms with van der Waals surface area (Å²) in [4.78, 5) is 15.1. The molecule has 0 fully saturated rings. The number of amides is 1. The van der Waals surface area contributed by atoms with E-state index in [1.165, 1.54) is 0 Å². The minimum atomic E-state index is -0.619. The highest BCUT2D eigenvalue weighted by atomic mass is 16.5. The Kier molecular flexibility index (Phi) is 3.11. The normalized spacial score (nSPS) is 14.5. The van der Waals surface area contributed by atoms with Crippen molar-refractivity contribution >= 4 is 17.3 Å². The molecule has 0 aliphatic carbocycles. The van der Waals surface area contributed by atoms with E-state index in [2.05, 4.69) is 6.07 Å². The summed E-state index contributed by atoms with van der Waals surface area (Å²) in [5.41, 5.74) is 0.983. The standard InChI is InChI=1S/C14H17N3O2/c1-14(2,9-15)17(4)10-5-6-12-11(7-10)16(3)13(18)8-19-12/h5-7H,8H2,1-4H3. The van der Waals surface area contributed by atoms with Crippen LogP contribution >= 0.6 is 0 Å². The molecule has 5 nitrogen and oxygen atoms in total. The van der Waals surface area contributed by atoms with E-state index in [1.54, 1.807) is 11.9 Å². The number of hydrogen-bond acceptors (Lipinski definition) is 4. The zero-order valence-electron chi connectivity index (χ0n) is 11.6. The van der Waals surface area contributed by atoms with Crippen LogP contribution in [-0.4, -0.2) is 32.1 Å². The molecule has 0 atom stereocenters. The number of carbonyl (C=O) groups is 1. The zero-order valence-corrected chi connectivity index (χ0v) is 11.6. The van der Waals surface area contributed by atoms with Crippen LogP contribution in [0.15, 0.2) is 18.2 Å². The third kappa shape index (κ3) is 2.22. The van der Waals surface area contributed by atoms with E-state index >= 15 is 0 Å². The molecule has 1 aliphatic heterocycles. The maximum atomic E-state index is 11.6. The van der Waals surface area contributed by atoms with Crippen molar-refractivity contribution in [3.8, 4) is 11.8 Å². The molecule has 2 rings (SSSR count). The van der Waals surface area contributed by atoms with Gasteiger partial charge >= 0.3 is 0 Å². The minimum absolute atomic E-state index is 0.0718. The number of likely N-dealkylation sites (N-methyl/N-ethyl adjacent to an activating group) is 1. The van der Waals surface area contributed by atoms with Crippen LogP contribution in [0.4, 0.5) is 11.4 Å². The van der Waals surface area contributed by atoms with Crippen molar-refractivity contribution in [3.63, 3.8) is 0 Å². The molecule has 0 aromatic heterocycles. The van der Waals surface area contributed by atoms with Crippen LogP contribution in [0.5, 0.6) is 5.75 Å². The molecule has 0 radical (unpaired) electrons. The van der Waals surface area contributed by atoms with Gasteiger partial charge in [0.2, 0.25) is 0 Å². The summed E-state index contributed by atoms with van der Waals surface area (Å²) in [6, 6.07) is 7.84. The Bertz CT molecular complexity index is 560. The third-order valence-corrected chi connectivity index (χ3v) is 3.53. The molecule has 5 heteroatoms. The van der Waals surface area contributed by atoms with Crippen molar-refractivity contribution in [1.29, 1.82) is 5.26 Å². The molecule has 100 valence electrons. The zero-order chi connectivity index (χ0) is 14.2. The van der Waals surface area contributed by atoms with Crippen LogP contribution in [0.2, 0.25) is 0 Å². The molecule has 19 heavy (non-hydrogen) atoms. The van der Waals surface area contributed by atoms with Gasteiger partial charge < -0.3 is 14.5 Å². The fraction of sp³-hybridized carbons (Fsp3) is 0.429. The average molecular weight is 259 g/mol. The molecule has 1 aliphatic rings. The monoisotopic (exact) mass is 259 g/mol. The Hall–Kier alpha value is -2.22. The number of benzene rings is 1. The van der Waals surface area contributed by atoms with E-state index in [9.17, 15) is 10.1 Å². The molecule has 1 aromatic carbocycles. The van der Waals surface area contributed by atoms with Crippen molar-refractivity contribution in [2.45, 2.75) is 19.4 Å². The Morgan fingerprint density at radius 1 is 1.47 bits per heavy atom. The highest BCUT2D eigenvalue weighted by molar-refractivity contribution is 5.97. The highest BCUT2D eigenvalue weighted by Gasteiger charge is 2.27. The van der Waals surface area contributed by atoms with E-state index in [0.717, 1.165) is 11.4 Å². The van der Waals surface area contributed by atoms with E-state index < -0.39 is 5.54 Å². The van der Waals surface area contributed by atoms with Crippen molar-refractivity contribution < 1.29 is 9.53 Å². The number of carbonyl (C=O) groups excluding carboxylic acids is 1. The molecule has 1 aromatic rings. The Labute approximate surface area is 113 Å². The van der Waals surface area contributed by atoms with Crippen molar-refractivity contribution in [2.24, 2.45) is 0 Å². The lowest BCUT2D eigenvalue weighted by Crippen LogP contribution is -2.40. The summed E-state index contributed by atoms with van der Waals surface area (Å²) in [6.07, 6.45) is 0. The second-order valence-corrected chi connectivity index (χ2v) is 5.12. The molecule has 0 spiro atoms. The molecule has 0 unspecified atom stereocenters. The lowest BCUT2D eigenvalue weighted by molar-refractivity contribution is -0.120. The van der Waals surface area contributed by atoms with Gasteiger partial charge in [0.05, 0.1) is 11.8 Å². The van der Waals surface area contributed by atoms with Gasteiger partial charge in [0.15, 0.2) is 6.61 Å². The van der Waals surface area contributed by atoms with Gasteiger partial charge in [0.25, 0.3) is 5.91 Å². The summed E-state index contributed by atoms with van der Waals surface area (Å²) in [6.45, 7) is 3.76. The summed E-state index contributed by atoms with van der Waals surface area (Å²) >= 11 is 0. The molecular weight excluding hydrogens is 242 g/mol. The first-order valence-corrected chi connectivity index (χ1v) is 6.05. The van der Waals surface area contributed by atoms with Gasteiger partial charge in [-0.2, -0.15) is 5.26 Å². The van der Waals surface area contributed by atoms with Crippen LogP contribution in [-0.2, 0) is 4.79 Å². The van der Waals surface area contributed by atoms with Crippen LogP contribution in [0, 0.1) is 11.3 Å². The van der Waals surface area contributed by atoms with Crippen LogP contribution in [0.1, 0.15) is 13.8 Å². The van der Waals surface area contributed by atoms with Gasteiger partial charge in [-0.05, 0) is 32.0 Å². The van der Waals surface area contributed by atoms with Gasteiger partial charge in [0.1, 0.15) is 11.3 Å². The van der Waals surface area contributed by atoms with Crippen LogP contribution in [0.3, 0.4) is 0 Å². The number of ether oxygens (including phenoxy) is 1. The van der Waals surface area contributed by atoms with E-state index in [-0.39, 0.29) is 12.5 Å². The second-order valence-electron chi connectivity index (χ2n) is 5.12. The van der Waals surface area contributed by atoms with Crippen LogP contribution < -0.4 is 14.5 Å². The lowest BCUT2D eigenvalue weighted by Gasteiger charge is -2.33. The van der Waals surface area contributed by atoms with Crippen LogP contribution in [0.25, 0.3) is 0 Å².